The van der Waals surface area contributed by atoms with E-state index >= 15 is 0 Å². The molecular formula is C19H18F3N7. The van der Waals surface area contributed by atoms with Gasteiger partial charge >= 0.3 is 6.18 Å². The van der Waals surface area contributed by atoms with Crippen LogP contribution in [-0.2, 0) is 19.8 Å². The molecule has 0 aliphatic rings. The maximum atomic E-state index is 13.2. The number of aryl methyl sites for hydroxylation is 2. The van der Waals surface area contributed by atoms with Crippen LogP contribution in [0.2, 0.25) is 0 Å². The van der Waals surface area contributed by atoms with Crippen LogP contribution in [0.3, 0.4) is 0 Å². The highest BCUT2D eigenvalue weighted by Gasteiger charge is 2.38. The van der Waals surface area contributed by atoms with E-state index in [2.05, 4.69) is 25.7 Å². The molecular weight excluding hydrogens is 383 g/mol. The van der Waals surface area contributed by atoms with E-state index < -0.39 is 12.0 Å². The molecule has 0 unspecified atom stereocenters. The SMILES string of the molecule is Cc1c(NCc2cccc(-c3cnn(C)c3)c2)nn2c(C(F)(F)F)nnc2c1C. The van der Waals surface area contributed by atoms with Gasteiger partial charge in [0, 0.05) is 30.9 Å². The first kappa shape index (κ1) is 18.9. The standard InChI is InChI=1S/C19H18F3N7/c1-11-12(2)17-25-26-18(19(20,21)22)29(17)27-16(11)23-8-13-5-4-6-14(7-13)15-9-24-28(3)10-15/h4-7,9-10H,8H2,1-3H3,(H,23,27). The molecule has 0 radical (unpaired) electrons. The third-order valence-electron chi connectivity index (χ3n) is 4.77. The number of halogens is 3. The number of hydrogen-bond acceptors (Lipinski definition) is 5. The first-order valence-electron chi connectivity index (χ1n) is 8.85. The molecule has 0 amide bonds. The van der Waals surface area contributed by atoms with Crippen LogP contribution in [-0.4, -0.2) is 29.6 Å². The van der Waals surface area contributed by atoms with E-state index in [9.17, 15) is 13.2 Å². The topological polar surface area (TPSA) is 72.9 Å². The lowest BCUT2D eigenvalue weighted by atomic mass is 10.1. The van der Waals surface area contributed by atoms with Crippen LogP contribution in [0.1, 0.15) is 22.5 Å². The second-order valence-electron chi connectivity index (χ2n) is 6.81. The maximum Gasteiger partial charge on any atom is 0.453 e. The molecule has 4 rings (SSSR count). The van der Waals surface area contributed by atoms with E-state index in [0.717, 1.165) is 26.8 Å². The van der Waals surface area contributed by atoms with E-state index in [-0.39, 0.29) is 5.65 Å². The second-order valence-corrected chi connectivity index (χ2v) is 6.81. The number of rotatable bonds is 4. The van der Waals surface area contributed by atoms with Gasteiger partial charge in [0.05, 0.1) is 6.20 Å². The van der Waals surface area contributed by atoms with Gasteiger partial charge < -0.3 is 5.32 Å². The lowest BCUT2D eigenvalue weighted by Gasteiger charge is -2.13. The third-order valence-corrected chi connectivity index (χ3v) is 4.77. The minimum Gasteiger partial charge on any atom is -0.364 e. The molecule has 1 aromatic carbocycles. The molecule has 3 heterocycles. The molecule has 3 aromatic heterocycles. The van der Waals surface area contributed by atoms with Crippen molar-refractivity contribution in [2.45, 2.75) is 26.6 Å². The van der Waals surface area contributed by atoms with Crippen molar-refractivity contribution in [3.8, 4) is 11.1 Å². The number of alkyl halides is 3. The summed E-state index contributed by atoms with van der Waals surface area (Å²) in [6, 6.07) is 7.85. The number of benzene rings is 1. The molecule has 0 bridgehead atoms. The zero-order valence-corrected chi connectivity index (χ0v) is 16.0. The molecule has 0 aliphatic heterocycles. The Hall–Kier alpha value is -3.43. The highest BCUT2D eigenvalue weighted by Crippen LogP contribution is 2.30. The Balaban J connectivity index is 1.64. The Morgan fingerprint density at radius 2 is 1.86 bits per heavy atom. The van der Waals surface area contributed by atoms with Crippen LogP contribution in [0.4, 0.5) is 19.0 Å². The summed E-state index contributed by atoms with van der Waals surface area (Å²) in [5, 5.41) is 18.3. The Labute approximate surface area is 164 Å². The lowest BCUT2D eigenvalue weighted by Crippen LogP contribution is -2.15. The molecule has 0 spiro atoms. The van der Waals surface area contributed by atoms with Gasteiger partial charge in [-0.3, -0.25) is 4.68 Å². The van der Waals surface area contributed by atoms with E-state index in [1.165, 1.54) is 0 Å². The van der Waals surface area contributed by atoms with Gasteiger partial charge in [-0.05, 0) is 36.6 Å². The second kappa shape index (κ2) is 6.87. The zero-order valence-electron chi connectivity index (χ0n) is 16.0. The zero-order chi connectivity index (χ0) is 20.8. The highest BCUT2D eigenvalue weighted by atomic mass is 19.4. The predicted molar refractivity (Wildman–Crippen MR) is 101 cm³/mol. The van der Waals surface area contributed by atoms with Crippen molar-refractivity contribution in [2.75, 3.05) is 5.32 Å². The Bertz CT molecular complexity index is 1190. The van der Waals surface area contributed by atoms with Crippen LogP contribution >= 0.6 is 0 Å². The average Bonchev–Trinajstić information content (AvgIpc) is 3.30. The Kier molecular flexibility index (Phi) is 4.48. The fourth-order valence-corrected chi connectivity index (χ4v) is 3.09. The van der Waals surface area contributed by atoms with E-state index in [1.807, 2.05) is 37.5 Å². The van der Waals surface area contributed by atoms with E-state index in [1.54, 1.807) is 24.7 Å². The van der Waals surface area contributed by atoms with Gasteiger partial charge in [-0.15, -0.1) is 15.3 Å². The van der Waals surface area contributed by atoms with Crippen molar-refractivity contribution in [3.05, 3.63) is 59.2 Å². The summed E-state index contributed by atoms with van der Waals surface area (Å²) in [5.41, 5.74) is 4.37. The van der Waals surface area contributed by atoms with Crippen LogP contribution in [0.5, 0.6) is 0 Å². The predicted octanol–water partition coefficient (Wildman–Crippen LogP) is 3.77. The van der Waals surface area contributed by atoms with Crippen molar-refractivity contribution in [3.63, 3.8) is 0 Å². The molecule has 0 saturated heterocycles. The van der Waals surface area contributed by atoms with Gasteiger partial charge in [-0.2, -0.15) is 22.8 Å². The van der Waals surface area contributed by atoms with Crippen LogP contribution in [0.25, 0.3) is 16.8 Å². The number of nitrogens with zero attached hydrogens (tertiary/aromatic N) is 6. The molecule has 10 heteroatoms. The number of aromatic nitrogens is 6. The molecule has 150 valence electrons. The maximum absolute atomic E-state index is 13.2. The van der Waals surface area contributed by atoms with Gasteiger partial charge in [0.2, 0.25) is 0 Å². The Morgan fingerprint density at radius 3 is 2.55 bits per heavy atom. The van der Waals surface area contributed by atoms with E-state index in [4.69, 9.17) is 0 Å². The van der Waals surface area contributed by atoms with Crippen molar-refractivity contribution in [2.24, 2.45) is 7.05 Å². The van der Waals surface area contributed by atoms with Gasteiger partial charge in [0.15, 0.2) is 11.5 Å². The van der Waals surface area contributed by atoms with Gasteiger partial charge in [0.1, 0.15) is 0 Å². The summed E-state index contributed by atoms with van der Waals surface area (Å²) in [5.74, 6) is -0.788. The molecule has 0 fully saturated rings. The first-order chi connectivity index (χ1) is 13.7. The largest absolute Gasteiger partial charge is 0.453 e. The van der Waals surface area contributed by atoms with Crippen molar-refractivity contribution >= 4 is 11.5 Å². The summed E-state index contributed by atoms with van der Waals surface area (Å²) in [4.78, 5) is 0. The number of fused-ring (bicyclic) bond motifs is 1. The van der Waals surface area contributed by atoms with Crippen molar-refractivity contribution < 1.29 is 13.2 Å². The summed E-state index contributed by atoms with van der Waals surface area (Å²) < 4.78 is 42.0. The summed E-state index contributed by atoms with van der Waals surface area (Å²) in [7, 11) is 1.85. The average molecular weight is 401 g/mol. The van der Waals surface area contributed by atoms with Crippen LogP contribution < -0.4 is 5.32 Å². The minimum atomic E-state index is -4.64. The summed E-state index contributed by atoms with van der Waals surface area (Å²) in [6.07, 6.45) is -0.941. The van der Waals surface area contributed by atoms with Crippen LogP contribution in [0.15, 0.2) is 36.7 Å². The van der Waals surface area contributed by atoms with E-state index in [0.29, 0.717) is 17.9 Å². The van der Waals surface area contributed by atoms with Gasteiger partial charge in [-0.25, -0.2) is 0 Å². The van der Waals surface area contributed by atoms with Gasteiger partial charge in [0.25, 0.3) is 5.82 Å². The Morgan fingerprint density at radius 1 is 1.07 bits per heavy atom. The molecule has 7 nitrogen and oxygen atoms in total. The van der Waals surface area contributed by atoms with Crippen molar-refractivity contribution in [1.82, 2.24) is 29.6 Å². The molecule has 29 heavy (non-hydrogen) atoms. The van der Waals surface area contributed by atoms with Crippen molar-refractivity contribution in [1.29, 1.82) is 0 Å². The number of anilines is 1. The molecule has 4 aromatic rings. The number of hydrogen-bond donors (Lipinski definition) is 1. The summed E-state index contributed by atoms with van der Waals surface area (Å²) >= 11 is 0. The normalized spacial score (nSPS) is 11.9. The fourth-order valence-electron chi connectivity index (χ4n) is 3.09. The molecule has 0 aliphatic carbocycles. The fraction of sp³-hybridized carbons (Fsp3) is 0.263. The quantitative estimate of drug-likeness (QED) is 0.564. The van der Waals surface area contributed by atoms with Crippen LogP contribution in [0, 0.1) is 13.8 Å². The van der Waals surface area contributed by atoms with Gasteiger partial charge in [-0.1, -0.05) is 18.2 Å². The minimum absolute atomic E-state index is 0.0962. The highest BCUT2D eigenvalue weighted by molar-refractivity contribution is 5.63. The first-order valence-corrected chi connectivity index (χ1v) is 8.85. The number of nitrogens with one attached hydrogen (secondary N) is 1. The lowest BCUT2D eigenvalue weighted by molar-refractivity contribution is -0.146. The molecule has 0 atom stereocenters. The smallest absolute Gasteiger partial charge is 0.364 e. The molecule has 0 saturated carbocycles. The molecule has 1 N–H and O–H groups in total. The summed E-state index contributed by atoms with van der Waals surface area (Å²) in [6.45, 7) is 3.89. The third kappa shape index (κ3) is 3.53. The monoisotopic (exact) mass is 401 g/mol.